The Labute approximate surface area is 191 Å². The monoisotopic (exact) mass is 452 g/mol. The van der Waals surface area contributed by atoms with Crippen molar-refractivity contribution in [1.82, 2.24) is 25.1 Å². The van der Waals surface area contributed by atoms with Crippen molar-refractivity contribution in [3.8, 4) is 11.5 Å². The number of ether oxygens (including phenoxy) is 1. The molecule has 10 heteroatoms. The van der Waals surface area contributed by atoms with Gasteiger partial charge in [0.15, 0.2) is 11.4 Å². The first-order chi connectivity index (χ1) is 15.7. The third kappa shape index (κ3) is 5.46. The Kier molecular flexibility index (Phi) is 6.28. The summed E-state index contributed by atoms with van der Waals surface area (Å²) in [6.45, 7) is 8.78. The zero-order valence-corrected chi connectivity index (χ0v) is 19.2. The third-order valence-electron chi connectivity index (χ3n) is 5.13. The van der Waals surface area contributed by atoms with Crippen LogP contribution in [-0.4, -0.2) is 50.3 Å². The Bertz CT molecular complexity index is 1150. The maximum Gasteiger partial charge on any atom is 0.277 e. The minimum Gasteiger partial charge on any atom is -0.444 e. The van der Waals surface area contributed by atoms with Crippen LogP contribution in [0, 0.1) is 6.92 Å². The summed E-state index contributed by atoms with van der Waals surface area (Å²) in [5.74, 6) is -0.543. The second kappa shape index (κ2) is 9.14. The van der Waals surface area contributed by atoms with Crippen molar-refractivity contribution in [1.29, 1.82) is 0 Å². The fourth-order valence-electron chi connectivity index (χ4n) is 3.56. The first-order valence-corrected chi connectivity index (χ1v) is 10.9. The summed E-state index contributed by atoms with van der Waals surface area (Å²) in [5.41, 5.74) is 1.65. The van der Waals surface area contributed by atoms with Crippen molar-refractivity contribution in [2.24, 2.45) is 0 Å². The molecule has 1 aliphatic heterocycles. The highest BCUT2D eigenvalue weighted by Crippen LogP contribution is 2.25. The summed E-state index contributed by atoms with van der Waals surface area (Å²) in [7, 11) is 0. The molecule has 10 nitrogen and oxygen atoms in total. The number of oxazole rings is 1. The zero-order valence-electron chi connectivity index (χ0n) is 19.2. The van der Waals surface area contributed by atoms with Crippen molar-refractivity contribution in [3.63, 3.8) is 0 Å². The molecule has 0 atom stereocenters. The summed E-state index contributed by atoms with van der Waals surface area (Å²) in [6.07, 6.45) is 6.21. The lowest BCUT2D eigenvalue weighted by Gasteiger charge is -2.22. The fraction of sp³-hybridized carbons (Fsp3) is 0.435. The van der Waals surface area contributed by atoms with Crippen molar-refractivity contribution < 1.29 is 18.7 Å². The highest BCUT2D eigenvalue weighted by Gasteiger charge is 2.26. The van der Waals surface area contributed by atoms with Crippen LogP contribution in [0.25, 0.3) is 11.5 Å². The number of aromatic nitrogens is 4. The van der Waals surface area contributed by atoms with E-state index in [1.165, 1.54) is 6.26 Å². The number of anilines is 1. The van der Waals surface area contributed by atoms with Crippen LogP contribution in [0.2, 0.25) is 0 Å². The molecule has 0 spiro atoms. The van der Waals surface area contributed by atoms with Crippen LogP contribution in [0.4, 0.5) is 5.69 Å². The molecule has 2 N–H and O–H groups in total. The highest BCUT2D eigenvalue weighted by molar-refractivity contribution is 6.07. The lowest BCUT2D eigenvalue weighted by atomic mass is 10.1. The van der Waals surface area contributed by atoms with Crippen LogP contribution >= 0.6 is 0 Å². The molecule has 0 saturated carbocycles. The van der Waals surface area contributed by atoms with Gasteiger partial charge in [-0.1, -0.05) is 0 Å². The van der Waals surface area contributed by atoms with E-state index in [0.29, 0.717) is 24.8 Å². The van der Waals surface area contributed by atoms with Crippen LogP contribution in [0.3, 0.4) is 0 Å². The molecule has 174 valence electrons. The lowest BCUT2D eigenvalue weighted by Crippen LogP contribution is -2.41. The SMILES string of the molecule is Cc1cc(-c2nc(C(=O)Nc3cn(C4CCOCC4)nc3C(=O)NC(C)(C)C)co2)ccn1. The van der Waals surface area contributed by atoms with E-state index in [0.717, 1.165) is 24.1 Å². The number of nitrogens with zero attached hydrogens (tertiary/aromatic N) is 4. The molecule has 0 aromatic carbocycles. The summed E-state index contributed by atoms with van der Waals surface area (Å²) in [6, 6.07) is 3.67. The molecule has 1 aliphatic rings. The smallest absolute Gasteiger partial charge is 0.277 e. The summed E-state index contributed by atoms with van der Waals surface area (Å²) in [5, 5.41) is 10.2. The molecule has 33 heavy (non-hydrogen) atoms. The molecule has 3 aromatic rings. The number of carbonyl (C=O) groups is 2. The van der Waals surface area contributed by atoms with E-state index in [9.17, 15) is 9.59 Å². The standard InChI is InChI=1S/C23H28N6O4/c1-14-11-15(5-8-24-14)22-26-18(13-33-22)20(30)25-17-12-29(16-6-9-32-10-7-16)28-19(17)21(31)27-23(2,3)4/h5,8,11-13,16H,6-7,9-10H2,1-4H3,(H,25,30)(H,27,31). The molecule has 0 radical (unpaired) electrons. The number of aryl methyl sites for hydroxylation is 1. The van der Waals surface area contributed by atoms with Gasteiger partial charge in [0.1, 0.15) is 6.26 Å². The Morgan fingerprint density at radius 3 is 2.64 bits per heavy atom. The van der Waals surface area contributed by atoms with Gasteiger partial charge in [-0.25, -0.2) is 4.98 Å². The molecule has 2 amide bonds. The minimum absolute atomic E-state index is 0.0965. The van der Waals surface area contributed by atoms with Crippen molar-refractivity contribution in [3.05, 3.63) is 47.9 Å². The molecule has 1 fully saturated rings. The number of nitrogens with one attached hydrogen (secondary N) is 2. The molecule has 1 saturated heterocycles. The Morgan fingerprint density at radius 2 is 1.94 bits per heavy atom. The van der Waals surface area contributed by atoms with Crippen molar-refractivity contribution >= 4 is 17.5 Å². The summed E-state index contributed by atoms with van der Waals surface area (Å²) < 4.78 is 12.7. The van der Waals surface area contributed by atoms with E-state index < -0.39 is 11.4 Å². The second-order valence-corrected chi connectivity index (χ2v) is 9.10. The quantitative estimate of drug-likeness (QED) is 0.608. The first kappa shape index (κ1) is 22.7. The predicted octanol–water partition coefficient (Wildman–Crippen LogP) is 3.37. The molecular formula is C23H28N6O4. The first-order valence-electron chi connectivity index (χ1n) is 10.9. The Balaban J connectivity index is 1.58. The number of amides is 2. The number of rotatable bonds is 5. The average Bonchev–Trinajstić information content (AvgIpc) is 3.41. The molecular weight excluding hydrogens is 424 g/mol. The van der Waals surface area contributed by atoms with Crippen LogP contribution < -0.4 is 10.6 Å². The molecule has 3 aromatic heterocycles. The topological polar surface area (TPSA) is 124 Å². The van der Waals surface area contributed by atoms with Gasteiger partial charge in [0, 0.05) is 42.4 Å². The largest absolute Gasteiger partial charge is 0.444 e. The molecule has 4 heterocycles. The number of hydrogen-bond donors (Lipinski definition) is 2. The second-order valence-electron chi connectivity index (χ2n) is 9.10. The van der Waals surface area contributed by atoms with Gasteiger partial charge in [-0.2, -0.15) is 5.10 Å². The van der Waals surface area contributed by atoms with Gasteiger partial charge in [-0.3, -0.25) is 19.3 Å². The third-order valence-corrected chi connectivity index (χ3v) is 5.13. The van der Waals surface area contributed by atoms with Crippen LogP contribution in [0.5, 0.6) is 0 Å². The van der Waals surface area contributed by atoms with Gasteiger partial charge < -0.3 is 19.8 Å². The maximum absolute atomic E-state index is 12.9. The number of carbonyl (C=O) groups excluding carboxylic acids is 2. The van der Waals surface area contributed by atoms with E-state index in [1.807, 2.05) is 33.8 Å². The van der Waals surface area contributed by atoms with Crippen molar-refractivity contribution in [2.45, 2.75) is 52.1 Å². The van der Waals surface area contributed by atoms with E-state index in [-0.39, 0.29) is 23.3 Å². The fourth-order valence-corrected chi connectivity index (χ4v) is 3.56. The molecule has 0 bridgehead atoms. The molecule has 4 rings (SSSR count). The van der Waals surface area contributed by atoms with Crippen molar-refractivity contribution in [2.75, 3.05) is 18.5 Å². The van der Waals surface area contributed by atoms with Gasteiger partial charge in [0.05, 0.1) is 11.7 Å². The van der Waals surface area contributed by atoms with E-state index in [2.05, 4.69) is 25.7 Å². The average molecular weight is 453 g/mol. The van der Waals surface area contributed by atoms with Crippen LogP contribution in [0.1, 0.15) is 66.3 Å². The Morgan fingerprint density at radius 1 is 1.18 bits per heavy atom. The summed E-state index contributed by atoms with van der Waals surface area (Å²) in [4.78, 5) is 34.3. The van der Waals surface area contributed by atoms with Gasteiger partial charge in [-0.05, 0) is 52.7 Å². The highest BCUT2D eigenvalue weighted by atomic mass is 16.5. The maximum atomic E-state index is 12.9. The van der Waals surface area contributed by atoms with Crippen LogP contribution in [-0.2, 0) is 4.74 Å². The van der Waals surface area contributed by atoms with E-state index in [4.69, 9.17) is 9.15 Å². The van der Waals surface area contributed by atoms with E-state index in [1.54, 1.807) is 23.1 Å². The zero-order chi connectivity index (χ0) is 23.6. The lowest BCUT2D eigenvalue weighted by molar-refractivity contribution is 0.0660. The normalized spacial score (nSPS) is 14.8. The number of hydrogen-bond acceptors (Lipinski definition) is 7. The van der Waals surface area contributed by atoms with Crippen LogP contribution in [0.15, 0.2) is 35.2 Å². The van der Waals surface area contributed by atoms with Gasteiger partial charge in [0.25, 0.3) is 11.8 Å². The molecule has 0 aliphatic carbocycles. The molecule has 0 unspecified atom stereocenters. The van der Waals surface area contributed by atoms with Gasteiger partial charge >= 0.3 is 0 Å². The Hall–Kier alpha value is -3.53. The van der Waals surface area contributed by atoms with E-state index >= 15 is 0 Å². The van der Waals surface area contributed by atoms with Gasteiger partial charge in [0.2, 0.25) is 5.89 Å². The predicted molar refractivity (Wildman–Crippen MR) is 121 cm³/mol. The minimum atomic E-state index is -0.493. The summed E-state index contributed by atoms with van der Waals surface area (Å²) >= 11 is 0. The van der Waals surface area contributed by atoms with Gasteiger partial charge in [-0.15, -0.1) is 0 Å². The number of pyridine rings is 1.